The van der Waals surface area contributed by atoms with Crippen LogP contribution in [0.5, 0.6) is 0 Å². The molecule has 2 aromatic carbocycles. The van der Waals surface area contributed by atoms with Crippen molar-refractivity contribution in [3.8, 4) is 28.2 Å². The Morgan fingerprint density at radius 1 is 1.05 bits per heavy atom. The van der Waals surface area contributed by atoms with E-state index in [4.69, 9.17) is 11.6 Å². The molecule has 0 aliphatic carbocycles. The van der Waals surface area contributed by atoms with E-state index in [0.29, 0.717) is 17.4 Å². The highest BCUT2D eigenvalue weighted by atomic mass is 35.5. The summed E-state index contributed by atoms with van der Waals surface area (Å²) in [7, 11) is 0. The topological polar surface area (TPSA) is 94.3 Å². The van der Waals surface area contributed by atoms with E-state index in [1.54, 1.807) is 17.0 Å². The number of hydrogen-bond donors (Lipinski definition) is 1. The zero-order chi connectivity index (χ0) is 25.9. The van der Waals surface area contributed by atoms with Gasteiger partial charge in [0.25, 0.3) is 0 Å². The molecule has 37 heavy (non-hydrogen) atoms. The largest absolute Gasteiger partial charge is 0.333 e. The van der Waals surface area contributed by atoms with Crippen LogP contribution in [0.3, 0.4) is 0 Å². The first-order chi connectivity index (χ1) is 18.0. The Balaban J connectivity index is 1.51. The van der Waals surface area contributed by atoms with Gasteiger partial charge in [-0.1, -0.05) is 75.2 Å². The van der Waals surface area contributed by atoms with Crippen LogP contribution in [-0.4, -0.2) is 34.7 Å². The summed E-state index contributed by atoms with van der Waals surface area (Å²) in [6.07, 6.45) is 7.17. The van der Waals surface area contributed by atoms with Gasteiger partial charge in [-0.3, -0.25) is 14.1 Å². The van der Waals surface area contributed by atoms with Crippen molar-refractivity contribution in [1.29, 1.82) is 0 Å². The lowest BCUT2D eigenvalue weighted by atomic mass is 10.00. The first-order valence-corrected chi connectivity index (χ1v) is 12.7. The fourth-order valence-corrected chi connectivity index (χ4v) is 4.92. The molecule has 0 bridgehead atoms. The smallest absolute Gasteiger partial charge is 0.292 e. The fourth-order valence-electron chi connectivity index (χ4n) is 4.64. The molecule has 0 amide bonds. The zero-order valence-electron chi connectivity index (χ0n) is 21.0. The van der Waals surface area contributed by atoms with Crippen molar-refractivity contribution >= 4 is 11.6 Å². The summed E-state index contributed by atoms with van der Waals surface area (Å²) in [6, 6.07) is 15.9. The maximum Gasteiger partial charge on any atom is 0.333 e. The Labute approximate surface area is 220 Å². The number of para-hydroxylation sites is 1. The van der Waals surface area contributed by atoms with Crippen LogP contribution in [0.2, 0.25) is 5.02 Å². The first-order valence-electron chi connectivity index (χ1n) is 12.3. The Morgan fingerprint density at radius 2 is 1.86 bits per heavy atom. The number of pyridine rings is 1. The van der Waals surface area contributed by atoms with Gasteiger partial charge < -0.3 is 0 Å². The lowest BCUT2D eigenvalue weighted by molar-refractivity contribution is 0.690. The number of hydrogen-bond acceptors (Lipinski definition) is 5. The fraction of sp³-hybridized carbons (Fsp3) is 0.250. The van der Waals surface area contributed by atoms with Gasteiger partial charge in [0, 0.05) is 29.8 Å². The van der Waals surface area contributed by atoms with Crippen molar-refractivity contribution in [1.82, 2.24) is 34.7 Å². The van der Waals surface area contributed by atoms with Crippen LogP contribution in [0.15, 0.2) is 71.9 Å². The monoisotopic (exact) mass is 513 g/mol. The number of halogens is 1. The molecule has 0 aliphatic heterocycles. The summed E-state index contributed by atoms with van der Waals surface area (Å²) >= 11 is 6.62. The van der Waals surface area contributed by atoms with Crippen molar-refractivity contribution in [2.75, 3.05) is 0 Å². The number of aryl methyl sites for hydroxylation is 1. The van der Waals surface area contributed by atoms with Crippen LogP contribution in [0.4, 0.5) is 0 Å². The van der Waals surface area contributed by atoms with Crippen molar-refractivity contribution in [2.45, 2.75) is 46.1 Å². The highest BCUT2D eigenvalue weighted by molar-refractivity contribution is 6.32. The average molecular weight is 514 g/mol. The molecule has 5 rings (SSSR count). The number of tetrazole rings is 1. The number of H-pyrrole nitrogens is 1. The third-order valence-electron chi connectivity index (χ3n) is 6.48. The number of imidazole rings is 1. The van der Waals surface area contributed by atoms with Crippen LogP contribution in [0.25, 0.3) is 28.2 Å². The molecule has 0 aliphatic rings. The van der Waals surface area contributed by atoms with Crippen molar-refractivity contribution in [3.63, 3.8) is 0 Å². The summed E-state index contributed by atoms with van der Waals surface area (Å²) < 4.78 is 3.57. The standard InChI is InChI=1S/C28H28ClN7O/c1-4-6-21-17-36(26-22(18(2)3)7-5-8-25(26)29)28(37)35(21)16-19-9-11-20(12-10-19)23-13-14-30-15-24(23)27-31-33-34-32-27/h5,7-15,17-18H,4,6,16H2,1-3H3,(H,31,32,33,34). The molecule has 0 unspecified atom stereocenters. The minimum Gasteiger partial charge on any atom is -0.292 e. The molecule has 8 nitrogen and oxygen atoms in total. The molecule has 3 aromatic heterocycles. The lowest BCUT2D eigenvalue weighted by Gasteiger charge is -2.14. The number of rotatable bonds is 8. The van der Waals surface area contributed by atoms with Crippen molar-refractivity contribution in [3.05, 3.63) is 99.4 Å². The summed E-state index contributed by atoms with van der Waals surface area (Å²) in [6.45, 7) is 6.81. The second kappa shape index (κ2) is 10.5. The maximum atomic E-state index is 13.7. The van der Waals surface area contributed by atoms with E-state index >= 15 is 0 Å². The molecule has 0 atom stereocenters. The van der Waals surface area contributed by atoms with E-state index in [0.717, 1.165) is 52.0 Å². The molecule has 0 fully saturated rings. The molecule has 5 aromatic rings. The van der Waals surface area contributed by atoms with Crippen LogP contribution in [0, 0.1) is 0 Å². The highest BCUT2D eigenvalue weighted by Crippen LogP contribution is 2.31. The van der Waals surface area contributed by atoms with Gasteiger partial charge in [-0.2, -0.15) is 0 Å². The predicted molar refractivity (Wildman–Crippen MR) is 145 cm³/mol. The predicted octanol–water partition coefficient (Wildman–Crippen LogP) is 5.66. The van der Waals surface area contributed by atoms with E-state index < -0.39 is 0 Å². The van der Waals surface area contributed by atoms with Crippen molar-refractivity contribution in [2.24, 2.45) is 0 Å². The van der Waals surface area contributed by atoms with Gasteiger partial charge in [0.15, 0.2) is 5.82 Å². The van der Waals surface area contributed by atoms with Crippen LogP contribution in [0.1, 0.15) is 49.9 Å². The quantitative estimate of drug-likeness (QED) is 0.289. The third kappa shape index (κ3) is 4.84. The molecule has 3 heterocycles. The van der Waals surface area contributed by atoms with E-state index in [9.17, 15) is 4.79 Å². The molecule has 188 valence electrons. The van der Waals surface area contributed by atoms with Gasteiger partial charge in [-0.15, -0.1) is 5.10 Å². The van der Waals surface area contributed by atoms with E-state index in [2.05, 4.69) is 46.4 Å². The van der Waals surface area contributed by atoms with Gasteiger partial charge in [0.2, 0.25) is 0 Å². The Morgan fingerprint density at radius 3 is 2.57 bits per heavy atom. The lowest BCUT2D eigenvalue weighted by Crippen LogP contribution is -2.25. The van der Waals surface area contributed by atoms with E-state index in [1.165, 1.54) is 0 Å². The molecule has 9 heteroatoms. The van der Waals surface area contributed by atoms with Crippen molar-refractivity contribution < 1.29 is 0 Å². The van der Waals surface area contributed by atoms with E-state index in [-0.39, 0.29) is 11.6 Å². The van der Waals surface area contributed by atoms with Crippen LogP contribution in [-0.2, 0) is 13.0 Å². The zero-order valence-corrected chi connectivity index (χ0v) is 21.8. The van der Waals surface area contributed by atoms with E-state index in [1.807, 2.05) is 59.3 Å². The molecule has 1 N–H and O–H groups in total. The first kappa shape index (κ1) is 24.6. The number of nitrogens with zero attached hydrogens (tertiary/aromatic N) is 6. The molecule has 0 saturated carbocycles. The number of nitrogens with one attached hydrogen (secondary N) is 1. The van der Waals surface area contributed by atoms with Gasteiger partial charge >= 0.3 is 5.69 Å². The van der Waals surface area contributed by atoms with Crippen LogP contribution < -0.4 is 5.69 Å². The maximum absolute atomic E-state index is 13.7. The molecule has 0 spiro atoms. The van der Waals surface area contributed by atoms with Gasteiger partial charge in [0.1, 0.15) is 0 Å². The minimum absolute atomic E-state index is 0.0863. The Bertz CT molecular complexity index is 1570. The average Bonchev–Trinajstić information content (AvgIpc) is 3.54. The Hall–Kier alpha value is -4.04. The Kier molecular flexibility index (Phi) is 7.01. The second-order valence-corrected chi connectivity index (χ2v) is 9.72. The van der Waals surface area contributed by atoms with Gasteiger partial charge in [-0.05, 0) is 57.2 Å². The summed E-state index contributed by atoms with van der Waals surface area (Å²) in [5.74, 6) is 0.793. The minimum atomic E-state index is -0.0863. The number of aromatic amines is 1. The molecular weight excluding hydrogens is 486 g/mol. The molecular formula is C28H28ClN7O. The van der Waals surface area contributed by atoms with Gasteiger partial charge in [-0.25, -0.2) is 9.89 Å². The third-order valence-corrected chi connectivity index (χ3v) is 6.78. The SMILES string of the molecule is CCCc1cn(-c2c(Cl)cccc2C(C)C)c(=O)n1Cc1ccc(-c2ccncc2-c2nnn[nH]2)cc1. The molecule has 0 saturated heterocycles. The number of benzene rings is 2. The summed E-state index contributed by atoms with van der Waals surface area (Å²) in [4.78, 5) is 17.9. The second-order valence-electron chi connectivity index (χ2n) is 9.31. The normalized spacial score (nSPS) is 11.4. The summed E-state index contributed by atoms with van der Waals surface area (Å²) in [5, 5.41) is 14.8. The highest BCUT2D eigenvalue weighted by Gasteiger charge is 2.19. The van der Waals surface area contributed by atoms with Gasteiger partial charge in [0.05, 0.1) is 17.3 Å². The number of aromatic nitrogens is 7. The summed E-state index contributed by atoms with van der Waals surface area (Å²) in [5.41, 5.74) is 6.54. The molecule has 0 radical (unpaired) electrons. The van der Waals surface area contributed by atoms with Crippen LogP contribution >= 0.6 is 11.6 Å².